The van der Waals surface area contributed by atoms with Gasteiger partial charge in [0, 0.05) is 18.7 Å². The Bertz CT molecular complexity index is 984. The maximum atomic E-state index is 12.9. The number of hydrogen-bond acceptors (Lipinski definition) is 4. The second-order valence-electron chi connectivity index (χ2n) is 7.13. The summed E-state index contributed by atoms with van der Waals surface area (Å²) in [6.07, 6.45) is 1.58. The highest BCUT2D eigenvalue weighted by Crippen LogP contribution is 2.41. The van der Waals surface area contributed by atoms with Crippen LogP contribution in [-0.2, 0) is 14.3 Å². The Hall–Kier alpha value is -2.34. The topological polar surface area (TPSA) is 66.8 Å². The minimum Gasteiger partial charge on any atom is -0.507 e. The van der Waals surface area contributed by atoms with Gasteiger partial charge in [-0.3, -0.25) is 9.59 Å². The van der Waals surface area contributed by atoms with Gasteiger partial charge in [-0.05, 0) is 30.5 Å². The van der Waals surface area contributed by atoms with Crippen LogP contribution in [0, 0.1) is 0 Å². The summed E-state index contributed by atoms with van der Waals surface area (Å²) in [5, 5.41) is 11.6. The van der Waals surface area contributed by atoms with Crippen molar-refractivity contribution in [2.75, 3.05) is 13.2 Å². The van der Waals surface area contributed by atoms with Gasteiger partial charge < -0.3 is 14.7 Å². The van der Waals surface area contributed by atoms with Crippen LogP contribution in [0.2, 0.25) is 10.0 Å². The minimum atomic E-state index is -0.769. The van der Waals surface area contributed by atoms with Crippen LogP contribution in [0.5, 0.6) is 0 Å². The molecule has 2 aromatic carbocycles. The van der Waals surface area contributed by atoms with E-state index in [9.17, 15) is 14.7 Å². The lowest BCUT2D eigenvalue weighted by Crippen LogP contribution is -2.36. The van der Waals surface area contributed by atoms with Crippen molar-refractivity contribution in [2.45, 2.75) is 25.0 Å². The van der Waals surface area contributed by atoms with E-state index in [0.717, 1.165) is 12.8 Å². The molecule has 2 heterocycles. The smallest absolute Gasteiger partial charge is 0.295 e. The quantitative estimate of drug-likeness (QED) is 0.436. The van der Waals surface area contributed by atoms with Crippen LogP contribution >= 0.6 is 23.2 Å². The van der Waals surface area contributed by atoms with Crippen LogP contribution in [0.25, 0.3) is 5.76 Å². The molecule has 1 N–H and O–H groups in total. The van der Waals surface area contributed by atoms with Crippen LogP contribution in [0.3, 0.4) is 0 Å². The number of ketones is 1. The number of amides is 1. The summed E-state index contributed by atoms with van der Waals surface area (Å²) in [5.41, 5.74) is 1.11. The summed E-state index contributed by atoms with van der Waals surface area (Å²) in [7, 11) is 0. The molecule has 2 aliphatic rings. The fourth-order valence-corrected chi connectivity index (χ4v) is 4.16. The lowest BCUT2D eigenvalue weighted by molar-refractivity contribution is -0.140. The number of likely N-dealkylation sites (tertiary alicyclic amines) is 1. The molecular formula is C22H19Cl2NO4. The van der Waals surface area contributed by atoms with Crippen molar-refractivity contribution in [3.8, 4) is 0 Å². The molecule has 4 rings (SSSR count). The Balaban J connectivity index is 1.84. The molecule has 0 spiro atoms. The third-order valence-electron chi connectivity index (χ3n) is 5.27. The Kier molecular flexibility index (Phi) is 5.63. The van der Waals surface area contributed by atoms with Crippen molar-refractivity contribution < 1.29 is 19.4 Å². The zero-order valence-electron chi connectivity index (χ0n) is 15.5. The lowest BCUT2D eigenvalue weighted by atomic mass is 9.95. The number of aliphatic hydroxyl groups is 1. The number of hydrogen-bond donors (Lipinski definition) is 1. The largest absolute Gasteiger partial charge is 0.507 e. The SMILES string of the molecule is O=C1C(=O)N(C[C@H]2CCCO2)[C@@H](c2ccc(Cl)c(Cl)c2)C1=C(O)c1ccccc1. The van der Waals surface area contributed by atoms with Crippen LogP contribution in [0.15, 0.2) is 54.1 Å². The molecule has 150 valence electrons. The van der Waals surface area contributed by atoms with Gasteiger partial charge in [0.05, 0.1) is 27.8 Å². The van der Waals surface area contributed by atoms with Crippen LogP contribution in [0.1, 0.15) is 30.0 Å². The van der Waals surface area contributed by atoms with E-state index >= 15 is 0 Å². The number of carbonyl (C=O) groups is 2. The summed E-state index contributed by atoms with van der Waals surface area (Å²) in [6, 6.07) is 12.9. The first-order chi connectivity index (χ1) is 14.0. The zero-order valence-corrected chi connectivity index (χ0v) is 17.0. The zero-order chi connectivity index (χ0) is 20.5. The van der Waals surface area contributed by atoms with E-state index < -0.39 is 17.7 Å². The van der Waals surface area contributed by atoms with Gasteiger partial charge in [0.1, 0.15) is 5.76 Å². The highest BCUT2D eigenvalue weighted by Gasteiger charge is 2.47. The average Bonchev–Trinajstić information content (AvgIpc) is 3.33. The average molecular weight is 432 g/mol. The van der Waals surface area contributed by atoms with E-state index in [4.69, 9.17) is 27.9 Å². The van der Waals surface area contributed by atoms with Gasteiger partial charge in [0.2, 0.25) is 0 Å². The number of halogens is 2. The second-order valence-corrected chi connectivity index (χ2v) is 7.94. The Labute approximate surface area is 178 Å². The Morgan fingerprint density at radius 2 is 1.86 bits per heavy atom. The first-order valence-corrected chi connectivity index (χ1v) is 10.1. The van der Waals surface area contributed by atoms with E-state index in [1.165, 1.54) is 4.90 Å². The van der Waals surface area contributed by atoms with E-state index in [-0.39, 0.29) is 24.0 Å². The van der Waals surface area contributed by atoms with Crippen molar-refractivity contribution in [1.29, 1.82) is 0 Å². The second kappa shape index (κ2) is 8.19. The van der Waals surface area contributed by atoms with Gasteiger partial charge >= 0.3 is 0 Å². The van der Waals surface area contributed by atoms with Gasteiger partial charge in [-0.25, -0.2) is 0 Å². The van der Waals surface area contributed by atoms with Gasteiger partial charge in [-0.2, -0.15) is 0 Å². The molecule has 0 radical (unpaired) electrons. The van der Waals surface area contributed by atoms with Crippen molar-refractivity contribution in [3.63, 3.8) is 0 Å². The molecular weight excluding hydrogens is 413 g/mol. The van der Waals surface area contributed by atoms with Crippen molar-refractivity contribution >= 4 is 40.7 Å². The molecule has 2 saturated heterocycles. The molecule has 0 bridgehead atoms. The molecule has 0 aromatic heterocycles. The number of Topliss-reactive ketones (excluding diaryl/α,β-unsaturated/α-hetero) is 1. The van der Waals surface area contributed by atoms with Crippen molar-refractivity contribution in [3.05, 3.63) is 75.3 Å². The minimum absolute atomic E-state index is 0.0394. The molecule has 1 amide bonds. The van der Waals surface area contributed by atoms with Gasteiger partial charge in [-0.1, -0.05) is 59.6 Å². The third kappa shape index (κ3) is 3.78. The van der Waals surface area contributed by atoms with Gasteiger partial charge in [0.25, 0.3) is 11.7 Å². The van der Waals surface area contributed by atoms with Gasteiger partial charge in [-0.15, -0.1) is 0 Å². The van der Waals surface area contributed by atoms with E-state index in [1.807, 2.05) is 6.07 Å². The summed E-state index contributed by atoms with van der Waals surface area (Å²) >= 11 is 12.3. The molecule has 2 atom stereocenters. The number of carbonyl (C=O) groups excluding carboxylic acids is 2. The number of aliphatic hydroxyl groups excluding tert-OH is 1. The fourth-order valence-electron chi connectivity index (χ4n) is 3.86. The summed E-state index contributed by atoms with van der Waals surface area (Å²) in [5.74, 6) is -1.59. The summed E-state index contributed by atoms with van der Waals surface area (Å²) in [6.45, 7) is 0.900. The molecule has 0 aliphatic carbocycles. The maximum absolute atomic E-state index is 12.9. The molecule has 0 unspecified atom stereocenters. The Morgan fingerprint density at radius 1 is 1.10 bits per heavy atom. The first-order valence-electron chi connectivity index (χ1n) is 9.37. The third-order valence-corrected chi connectivity index (χ3v) is 6.01. The summed E-state index contributed by atoms with van der Waals surface area (Å²) < 4.78 is 5.67. The normalized spacial score (nSPS) is 23.7. The van der Waals surface area contributed by atoms with E-state index in [0.29, 0.717) is 27.8 Å². The molecule has 2 fully saturated rings. The highest BCUT2D eigenvalue weighted by atomic mass is 35.5. The van der Waals surface area contributed by atoms with Gasteiger partial charge in [0.15, 0.2) is 0 Å². The monoisotopic (exact) mass is 431 g/mol. The highest BCUT2D eigenvalue weighted by molar-refractivity contribution is 6.46. The predicted molar refractivity (Wildman–Crippen MR) is 111 cm³/mol. The first kappa shape index (κ1) is 20.0. The number of ether oxygens (including phenoxy) is 1. The number of rotatable bonds is 4. The molecule has 5 nitrogen and oxygen atoms in total. The van der Waals surface area contributed by atoms with Crippen LogP contribution < -0.4 is 0 Å². The fraction of sp³-hybridized carbons (Fsp3) is 0.273. The maximum Gasteiger partial charge on any atom is 0.295 e. The molecule has 7 heteroatoms. The van der Waals surface area contributed by atoms with E-state index in [1.54, 1.807) is 42.5 Å². The van der Waals surface area contributed by atoms with Crippen LogP contribution in [-0.4, -0.2) is 41.0 Å². The van der Waals surface area contributed by atoms with Crippen LogP contribution in [0.4, 0.5) is 0 Å². The number of benzene rings is 2. The van der Waals surface area contributed by atoms with E-state index in [2.05, 4.69) is 0 Å². The van der Waals surface area contributed by atoms with Crippen molar-refractivity contribution in [2.24, 2.45) is 0 Å². The van der Waals surface area contributed by atoms with Crippen molar-refractivity contribution in [1.82, 2.24) is 4.90 Å². The molecule has 2 aromatic rings. The number of nitrogens with zero attached hydrogens (tertiary/aromatic N) is 1. The Morgan fingerprint density at radius 3 is 2.52 bits per heavy atom. The lowest BCUT2D eigenvalue weighted by Gasteiger charge is -2.27. The molecule has 0 saturated carbocycles. The predicted octanol–water partition coefficient (Wildman–Crippen LogP) is 4.59. The summed E-state index contributed by atoms with van der Waals surface area (Å²) in [4.78, 5) is 27.3. The molecule has 2 aliphatic heterocycles. The molecule has 29 heavy (non-hydrogen) atoms. The standard InChI is InChI=1S/C22H19Cl2NO4/c23-16-9-8-14(11-17(16)24)19-18(20(26)13-5-2-1-3-6-13)21(27)22(28)25(19)12-15-7-4-10-29-15/h1-3,5-6,8-9,11,15,19,26H,4,7,10,12H2/t15-,19+/m1/s1.